The first-order valence-corrected chi connectivity index (χ1v) is 4.66. The van der Waals surface area contributed by atoms with E-state index in [1.54, 1.807) is 0 Å². The highest BCUT2D eigenvalue weighted by atomic mass is 79.9. The summed E-state index contributed by atoms with van der Waals surface area (Å²) in [7, 11) is 0. The van der Waals surface area contributed by atoms with E-state index in [1.807, 2.05) is 24.3 Å². The van der Waals surface area contributed by atoms with Crippen molar-refractivity contribution in [1.29, 1.82) is 0 Å². The Hall–Kier alpha value is -0.600. The quantitative estimate of drug-likeness (QED) is 0.824. The molecule has 1 nitrogen and oxygen atoms in total. The topological polar surface area (TPSA) is 26.0 Å². The molecule has 0 aliphatic carbocycles. The molecular weight excluding hydrogens is 214 g/mol. The van der Waals surface area contributed by atoms with Gasteiger partial charge < -0.3 is 5.73 Å². The van der Waals surface area contributed by atoms with E-state index in [0.717, 1.165) is 4.47 Å². The second-order valence-electron chi connectivity index (χ2n) is 2.59. The van der Waals surface area contributed by atoms with E-state index in [9.17, 15) is 0 Å². The molecule has 0 spiro atoms. The van der Waals surface area contributed by atoms with E-state index in [4.69, 9.17) is 5.73 Å². The summed E-state index contributed by atoms with van der Waals surface area (Å²) < 4.78 is 1.14. The van der Waals surface area contributed by atoms with Gasteiger partial charge in [0.25, 0.3) is 0 Å². The lowest BCUT2D eigenvalue weighted by Crippen LogP contribution is -1.92. The highest BCUT2D eigenvalue weighted by molar-refractivity contribution is 9.10. The van der Waals surface area contributed by atoms with Crippen LogP contribution in [-0.2, 0) is 0 Å². The minimum absolute atomic E-state index is 0.589. The fourth-order valence-electron chi connectivity index (χ4n) is 1.000. The van der Waals surface area contributed by atoms with Gasteiger partial charge in [0.05, 0.1) is 0 Å². The molecule has 0 saturated heterocycles. The molecule has 0 aliphatic rings. The van der Waals surface area contributed by atoms with Crippen molar-refractivity contribution in [1.82, 2.24) is 0 Å². The zero-order chi connectivity index (χ0) is 8.97. The summed E-state index contributed by atoms with van der Waals surface area (Å²) in [6.45, 7) is 2.67. The number of hydrogen-bond acceptors (Lipinski definition) is 1. The van der Waals surface area contributed by atoms with Crippen LogP contribution in [-0.4, -0.2) is 6.54 Å². The average Bonchev–Trinajstić information content (AvgIpc) is 2.08. The molecule has 0 bridgehead atoms. The summed E-state index contributed by atoms with van der Waals surface area (Å²) in [6.07, 6.45) is 3.99. The van der Waals surface area contributed by atoms with Crippen molar-refractivity contribution < 1.29 is 0 Å². The van der Waals surface area contributed by atoms with E-state index < -0.39 is 0 Å². The van der Waals surface area contributed by atoms with Crippen LogP contribution in [0.2, 0.25) is 0 Å². The van der Waals surface area contributed by atoms with Gasteiger partial charge in [0.15, 0.2) is 0 Å². The predicted molar refractivity (Wildman–Crippen MR) is 57.0 cm³/mol. The second kappa shape index (κ2) is 4.43. The maximum Gasteiger partial charge on any atom is 0.0210 e. The third kappa shape index (κ3) is 2.19. The average molecular weight is 226 g/mol. The van der Waals surface area contributed by atoms with Crippen molar-refractivity contribution in [3.05, 3.63) is 39.9 Å². The Morgan fingerprint density at radius 1 is 1.50 bits per heavy atom. The molecule has 0 radical (unpaired) electrons. The Bertz CT molecular complexity index is 292. The Labute approximate surface area is 81.4 Å². The Morgan fingerprint density at radius 2 is 2.25 bits per heavy atom. The largest absolute Gasteiger partial charge is 0.327 e. The van der Waals surface area contributed by atoms with Crippen LogP contribution < -0.4 is 5.73 Å². The van der Waals surface area contributed by atoms with Gasteiger partial charge >= 0.3 is 0 Å². The van der Waals surface area contributed by atoms with Gasteiger partial charge in [-0.3, -0.25) is 0 Å². The number of nitrogens with two attached hydrogens (primary N) is 1. The van der Waals surface area contributed by atoms with E-state index in [2.05, 4.69) is 28.9 Å². The predicted octanol–water partition coefficient (Wildman–Crippen LogP) is 2.73. The van der Waals surface area contributed by atoms with Crippen molar-refractivity contribution in [2.45, 2.75) is 6.92 Å². The molecule has 0 heterocycles. The van der Waals surface area contributed by atoms with Crippen LogP contribution in [0.4, 0.5) is 0 Å². The molecule has 2 N–H and O–H groups in total. The van der Waals surface area contributed by atoms with Crippen LogP contribution in [0.5, 0.6) is 0 Å². The highest BCUT2D eigenvalue weighted by Crippen LogP contribution is 2.20. The molecule has 0 fully saturated rings. The summed E-state index contributed by atoms with van der Waals surface area (Å²) in [5.41, 5.74) is 7.84. The molecule has 0 amide bonds. The second-order valence-corrected chi connectivity index (χ2v) is 3.45. The van der Waals surface area contributed by atoms with Gasteiger partial charge in [0.2, 0.25) is 0 Å². The standard InChI is InChI=1S/C10H12BrN/c1-8-9(5-3-7-12)4-2-6-10(8)11/h2-6H,7,12H2,1H3. The van der Waals surface area contributed by atoms with Crippen molar-refractivity contribution in [3.8, 4) is 0 Å². The fraction of sp³-hybridized carbons (Fsp3) is 0.200. The normalized spacial score (nSPS) is 10.9. The Balaban J connectivity index is 3.00. The SMILES string of the molecule is Cc1c(Br)cccc1C=CCN. The lowest BCUT2D eigenvalue weighted by atomic mass is 10.1. The van der Waals surface area contributed by atoms with Crippen LogP contribution in [0.15, 0.2) is 28.7 Å². The first kappa shape index (κ1) is 9.49. The summed E-state index contributed by atoms with van der Waals surface area (Å²) in [4.78, 5) is 0. The van der Waals surface area contributed by atoms with Crippen LogP contribution in [0.3, 0.4) is 0 Å². The Morgan fingerprint density at radius 3 is 2.92 bits per heavy atom. The smallest absolute Gasteiger partial charge is 0.0210 e. The van der Waals surface area contributed by atoms with E-state index in [1.165, 1.54) is 11.1 Å². The maximum atomic E-state index is 5.37. The van der Waals surface area contributed by atoms with Crippen molar-refractivity contribution in [2.24, 2.45) is 5.73 Å². The van der Waals surface area contributed by atoms with Crippen LogP contribution in [0.1, 0.15) is 11.1 Å². The lowest BCUT2D eigenvalue weighted by Gasteiger charge is -2.01. The molecule has 0 saturated carbocycles. The monoisotopic (exact) mass is 225 g/mol. The fourth-order valence-corrected chi connectivity index (χ4v) is 1.38. The van der Waals surface area contributed by atoms with E-state index in [-0.39, 0.29) is 0 Å². The molecule has 1 aromatic rings. The van der Waals surface area contributed by atoms with Crippen molar-refractivity contribution >= 4 is 22.0 Å². The van der Waals surface area contributed by atoms with Crippen molar-refractivity contribution in [2.75, 3.05) is 6.54 Å². The van der Waals surface area contributed by atoms with Crippen LogP contribution >= 0.6 is 15.9 Å². The molecule has 1 aromatic carbocycles. The van der Waals surface area contributed by atoms with Gasteiger partial charge in [-0.2, -0.15) is 0 Å². The molecule has 2 heteroatoms. The van der Waals surface area contributed by atoms with Crippen LogP contribution in [0, 0.1) is 6.92 Å². The lowest BCUT2D eigenvalue weighted by molar-refractivity contribution is 1.26. The summed E-state index contributed by atoms with van der Waals surface area (Å²) >= 11 is 3.47. The van der Waals surface area contributed by atoms with Crippen LogP contribution in [0.25, 0.3) is 6.08 Å². The third-order valence-corrected chi connectivity index (χ3v) is 2.60. The molecule has 64 valence electrons. The molecular formula is C10H12BrN. The minimum Gasteiger partial charge on any atom is -0.327 e. The van der Waals surface area contributed by atoms with Crippen molar-refractivity contribution in [3.63, 3.8) is 0 Å². The van der Waals surface area contributed by atoms with Gasteiger partial charge in [-0.25, -0.2) is 0 Å². The maximum absolute atomic E-state index is 5.37. The number of hydrogen-bond donors (Lipinski definition) is 1. The van der Waals surface area contributed by atoms with Gasteiger partial charge in [0, 0.05) is 11.0 Å². The first-order chi connectivity index (χ1) is 5.75. The van der Waals surface area contributed by atoms with E-state index >= 15 is 0 Å². The molecule has 0 unspecified atom stereocenters. The third-order valence-electron chi connectivity index (χ3n) is 1.74. The number of benzene rings is 1. The van der Waals surface area contributed by atoms with Gasteiger partial charge in [-0.05, 0) is 24.1 Å². The summed E-state index contributed by atoms with van der Waals surface area (Å²) in [6, 6.07) is 6.13. The molecule has 0 aromatic heterocycles. The summed E-state index contributed by atoms with van der Waals surface area (Å²) in [5.74, 6) is 0. The first-order valence-electron chi connectivity index (χ1n) is 3.87. The minimum atomic E-state index is 0.589. The van der Waals surface area contributed by atoms with Gasteiger partial charge in [-0.1, -0.05) is 40.2 Å². The van der Waals surface area contributed by atoms with Gasteiger partial charge in [-0.15, -0.1) is 0 Å². The zero-order valence-electron chi connectivity index (χ0n) is 7.05. The van der Waals surface area contributed by atoms with Gasteiger partial charge in [0.1, 0.15) is 0 Å². The highest BCUT2D eigenvalue weighted by Gasteiger charge is 1.96. The summed E-state index contributed by atoms with van der Waals surface area (Å²) in [5, 5.41) is 0. The molecule has 12 heavy (non-hydrogen) atoms. The number of halogens is 1. The Kier molecular flexibility index (Phi) is 3.50. The number of rotatable bonds is 2. The molecule has 1 rings (SSSR count). The molecule has 0 aliphatic heterocycles. The van der Waals surface area contributed by atoms with E-state index in [0.29, 0.717) is 6.54 Å². The zero-order valence-corrected chi connectivity index (χ0v) is 8.64. The molecule has 0 atom stereocenters.